The Bertz CT molecular complexity index is 523. The Morgan fingerprint density at radius 1 is 1.30 bits per heavy atom. The van der Waals surface area contributed by atoms with Crippen LogP contribution in [0.2, 0.25) is 0 Å². The van der Waals surface area contributed by atoms with Crippen LogP contribution in [0.3, 0.4) is 0 Å². The van der Waals surface area contributed by atoms with Gasteiger partial charge in [0.05, 0.1) is 4.90 Å². The Hall–Kier alpha value is -1.13. The van der Waals surface area contributed by atoms with Gasteiger partial charge in [0.2, 0.25) is 0 Å². The molecular weight excluding hydrogens is 270 g/mol. The smallest absolute Gasteiger partial charge is 0.175 e. The Labute approximate surface area is 123 Å². The Kier molecular flexibility index (Phi) is 6.96. The predicted octanol–water partition coefficient (Wildman–Crippen LogP) is 3.49. The van der Waals surface area contributed by atoms with Crippen LogP contribution in [0.4, 0.5) is 0 Å². The van der Waals surface area contributed by atoms with Crippen LogP contribution in [0.1, 0.15) is 43.7 Å². The van der Waals surface area contributed by atoms with Crippen LogP contribution in [0.15, 0.2) is 41.8 Å². The van der Waals surface area contributed by atoms with Gasteiger partial charge in [-0.15, -0.1) is 6.58 Å². The second-order valence-electron chi connectivity index (χ2n) is 5.11. The average Bonchev–Trinajstić information content (AvgIpc) is 2.42. The maximum atomic E-state index is 11.6. The molecule has 0 aliphatic carbocycles. The van der Waals surface area contributed by atoms with Crippen LogP contribution in [-0.2, 0) is 9.84 Å². The summed E-state index contributed by atoms with van der Waals surface area (Å²) in [5, 5.41) is 3.27. The first kappa shape index (κ1) is 16.9. The van der Waals surface area contributed by atoms with E-state index in [2.05, 4.69) is 11.9 Å². The molecule has 0 heterocycles. The van der Waals surface area contributed by atoms with E-state index in [0.717, 1.165) is 24.8 Å². The molecule has 0 aliphatic rings. The molecule has 112 valence electrons. The molecule has 0 radical (unpaired) electrons. The van der Waals surface area contributed by atoms with Gasteiger partial charge < -0.3 is 5.32 Å². The van der Waals surface area contributed by atoms with Crippen LogP contribution < -0.4 is 5.32 Å². The molecular formula is C16H25NO2S. The Balaban J connectivity index is 2.67. The van der Waals surface area contributed by atoms with Crippen LogP contribution in [-0.4, -0.2) is 21.7 Å². The van der Waals surface area contributed by atoms with E-state index in [-0.39, 0.29) is 6.04 Å². The molecule has 0 aromatic heterocycles. The van der Waals surface area contributed by atoms with Gasteiger partial charge in [0.1, 0.15) is 0 Å². The average molecular weight is 295 g/mol. The predicted molar refractivity (Wildman–Crippen MR) is 84.6 cm³/mol. The van der Waals surface area contributed by atoms with Crippen molar-refractivity contribution in [1.29, 1.82) is 0 Å². The number of rotatable bonds is 9. The maximum absolute atomic E-state index is 11.6. The standard InChI is InChI=1S/C16H25NO2S/c1-4-5-6-7-8-12-16(17-2)14-10-9-11-15(13-14)20(3,18)19/h4,9-11,13,16-17H,1,5-8,12H2,2-3H3. The zero-order valence-electron chi connectivity index (χ0n) is 12.4. The number of hydrogen-bond donors (Lipinski definition) is 1. The lowest BCUT2D eigenvalue weighted by Gasteiger charge is -2.17. The summed E-state index contributed by atoms with van der Waals surface area (Å²) >= 11 is 0. The van der Waals surface area contributed by atoms with Gasteiger partial charge in [0.25, 0.3) is 0 Å². The summed E-state index contributed by atoms with van der Waals surface area (Å²) in [6.45, 7) is 3.72. The molecule has 0 aliphatic heterocycles. The number of hydrogen-bond acceptors (Lipinski definition) is 3. The number of sulfone groups is 1. The third-order valence-corrected chi connectivity index (χ3v) is 4.55. The lowest BCUT2D eigenvalue weighted by molar-refractivity contribution is 0.507. The van der Waals surface area contributed by atoms with Gasteiger partial charge >= 0.3 is 0 Å². The van der Waals surface area contributed by atoms with E-state index in [0.29, 0.717) is 4.90 Å². The molecule has 1 unspecified atom stereocenters. The van der Waals surface area contributed by atoms with Crippen molar-refractivity contribution in [3.8, 4) is 0 Å². The first-order valence-corrected chi connectivity index (χ1v) is 8.96. The van der Waals surface area contributed by atoms with Crippen molar-refractivity contribution in [3.05, 3.63) is 42.5 Å². The quantitative estimate of drug-likeness (QED) is 0.560. The Morgan fingerprint density at radius 3 is 2.65 bits per heavy atom. The SMILES string of the molecule is C=CCCCCCC(NC)c1cccc(S(C)(=O)=O)c1. The van der Waals surface area contributed by atoms with E-state index in [1.54, 1.807) is 12.1 Å². The monoisotopic (exact) mass is 295 g/mol. The van der Waals surface area contributed by atoms with Crippen molar-refractivity contribution in [2.24, 2.45) is 0 Å². The van der Waals surface area contributed by atoms with E-state index >= 15 is 0 Å². The fourth-order valence-corrected chi connectivity index (χ4v) is 2.93. The highest BCUT2D eigenvalue weighted by Gasteiger charge is 2.12. The molecule has 0 spiro atoms. The minimum Gasteiger partial charge on any atom is -0.313 e. The molecule has 0 bridgehead atoms. The number of nitrogens with one attached hydrogen (secondary N) is 1. The van der Waals surface area contributed by atoms with Crippen LogP contribution >= 0.6 is 0 Å². The zero-order chi connectivity index (χ0) is 15.0. The minimum absolute atomic E-state index is 0.209. The lowest BCUT2D eigenvalue weighted by atomic mass is 10.0. The molecule has 0 saturated heterocycles. The number of benzene rings is 1. The molecule has 1 aromatic carbocycles. The molecule has 1 aromatic rings. The molecule has 0 fully saturated rings. The minimum atomic E-state index is -3.14. The first-order valence-electron chi connectivity index (χ1n) is 7.07. The number of unbranched alkanes of at least 4 members (excludes halogenated alkanes) is 3. The fourth-order valence-electron chi connectivity index (χ4n) is 2.25. The van der Waals surface area contributed by atoms with Crippen molar-refractivity contribution in [3.63, 3.8) is 0 Å². The summed E-state index contributed by atoms with van der Waals surface area (Å²) in [5.41, 5.74) is 1.04. The molecule has 1 atom stereocenters. The van der Waals surface area contributed by atoms with Crippen LogP contribution in [0, 0.1) is 0 Å². The summed E-state index contributed by atoms with van der Waals surface area (Å²) in [7, 11) is -1.22. The first-order chi connectivity index (χ1) is 9.49. The highest BCUT2D eigenvalue weighted by molar-refractivity contribution is 7.90. The van der Waals surface area contributed by atoms with Crippen molar-refractivity contribution in [2.75, 3.05) is 13.3 Å². The van der Waals surface area contributed by atoms with Gasteiger partial charge in [-0.25, -0.2) is 8.42 Å². The molecule has 0 saturated carbocycles. The topological polar surface area (TPSA) is 46.2 Å². The fraction of sp³-hybridized carbons (Fsp3) is 0.500. The summed E-state index contributed by atoms with van der Waals surface area (Å²) in [5.74, 6) is 0. The van der Waals surface area contributed by atoms with E-state index < -0.39 is 9.84 Å². The maximum Gasteiger partial charge on any atom is 0.175 e. The molecule has 3 nitrogen and oxygen atoms in total. The van der Waals surface area contributed by atoms with Gasteiger partial charge in [0, 0.05) is 12.3 Å². The summed E-state index contributed by atoms with van der Waals surface area (Å²) in [4.78, 5) is 0.391. The van der Waals surface area contributed by atoms with Crippen LogP contribution in [0.5, 0.6) is 0 Å². The molecule has 1 N–H and O–H groups in total. The van der Waals surface area contributed by atoms with Gasteiger partial charge in [-0.3, -0.25) is 0 Å². The second-order valence-corrected chi connectivity index (χ2v) is 7.13. The van der Waals surface area contributed by atoms with Crippen molar-refractivity contribution in [2.45, 2.75) is 43.0 Å². The normalized spacial score (nSPS) is 13.1. The van der Waals surface area contributed by atoms with Gasteiger partial charge in [-0.05, 0) is 44.0 Å². The highest BCUT2D eigenvalue weighted by atomic mass is 32.2. The molecule has 4 heteroatoms. The van der Waals surface area contributed by atoms with E-state index in [9.17, 15) is 8.42 Å². The zero-order valence-corrected chi connectivity index (χ0v) is 13.2. The van der Waals surface area contributed by atoms with Gasteiger partial charge in [0.15, 0.2) is 9.84 Å². The lowest BCUT2D eigenvalue weighted by Crippen LogP contribution is -2.16. The van der Waals surface area contributed by atoms with Gasteiger partial charge in [-0.1, -0.05) is 31.1 Å². The highest BCUT2D eigenvalue weighted by Crippen LogP contribution is 2.22. The number of allylic oxidation sites excluding steroid dienone is 1. The second kappa shape index (κ2) is 8.22. The van der Waals surface area contributed by atoms with E-state index in [1.165, 1.54) is 19.1 Å². The molecule has 20 heavy (non-hydrogen) atoms. The van der Waals surface area contributed by atoms with Gasteiger partial charge in [-0.2, -0.15) is 0 Å². The van der Waals surface area contributed by atoms with Crippen molar-refractivity contribution >= 4 is 9.84 Å². The summed E-state index contributed by atoms with van der Waals surface area (Å²) in [6, 6.07) is 7.43. The Morgan fingerprint density at radius 2 is 2.05 bits per heavy atom. The molecule has 1 rings (SSSR count). The third-order valence-electron chi connectivity index (χ3n) is 3.44. The third kappa shape index (κ3) is 5.47. The van der Waals surface area contributed by atoms with Crippen molar-refractivity contribution < 1.29 is 8.42 Å². The largest absolute Gasteiger partial charge is 0.313 e. The summed E-state index contributed by atoms with van der Waals surface area (Å²) < 4.78 is 23.2. The van der Waals surface area contributed by atoms with E-state index in [1.807, 2.05) is 25.3 Å². The van der Waals surface area contributed by atoms with Crippen molar-refractivity contribution in [1.82, 2.24) is 5.32 Å². The van der Waals surface area contributed by atoms with Crippen LogP contribution in [0.25, 0.3) is 0 Å². The van der Waals surface area contributed by atoms with E-state index in [4.69, 9.17) is 0 Å². The summed E-state index contributed by atoms with van der Waals surface area (Å²) in [6.07, 6.45) is 8.75. The molecule has 0 amide bonds.